The number of carbonyl (C=O) groups excluding carboxylic acids is 4. The van der Waals surface area contributed by atoms with Crippen LogP contribution in [0.3, 0.4) is 0 Å². The van der Waals surface area contributed by atoms with Gasteiger partial charge in [0.05, 0.1) is 11.0 Å². The number of para-hydroxylation sites is 1. The Morgan fingerprint density at radius 1 is 0.982 bits per heavy atom. The number of halogens is 1. The number of pyridine rings is 1. The number of carbonyl (C=O) groups is 4. The van der Waals surface area contributed by atoms with Gasteiger partial charge in [-0.1, -0.05) is 30.3 Å². The lowest BCUT2D eigenvalue weighted by atomic mass is 9.92. The zero-order chi connectivity index (χ0) is 38.9. The van der Waals surface area contributed by atoms with Crippen molar-refractivity contribution < 1.29 is 37.4 Å². The number of nitrogens with one attached hydrogen (secondary N) is 2. The van der Waals surface area contributed by atoms with E-state index in [-0.39, 0.29) is 35.1 Å². The van der Waals surface area contributed by atoms with Gasteiger partial charge in [0.1, 0.15) is 23.9 Å². The smallest absolute Gasteiger partial charge is 0.355 e. The van der Waals surface area contributed by atoms with Crippen LogP contribution in [0.1, 0.15) is 85.5 Å². The van der Waals surface area contributed by atoms with Crippen LogP contribution in [0, 0.1) is 0 Å². The molecule has 0 saturated carbocycles. The Balaban J connectivity index is 1.04. The van der Waals surface area contributed by atoms with Crippen molar-refractivity contribution >= 4 is 52.6 Å². The van der Waals surface area contributed by atoms with Crippen LogP contribution in [-0.4, -0.2) is 81.8 Å². The minimum Gasteiger partial charge on any atom is -0.462 e. The number of hydrogen-bond acceptors (Lipinski definition) is 9. The Hall–Kier alpha value is -4.65. The fourth-order valence-corrected chi connectivity index (χ4v) is 10.5. The van der Waals surface area contributed by atoms with E-state index in [2.05, 4.69) is 15.4 Å². The highest BCUT2D eigenvalue weighted by Gasteiger charge is 2.48. The normalized spacial score (nSPS) is 22.3. The molecule has 15 heteroatoms. The average molecular weight is 790 g/mol. The molecule has 7 rings (SSSR count). The molecular weight excluding hydrogens is 745 g/mol. The number of thiophene rings is 1. The van der Waals surface area contributed by atoms with Crippen molar-refractivity contribution in [2.45, 2.75) is 95.0 Å². The first-order valence-corrected chi connectivity index (χ1v) is 21.2. The van der Waals surface area contributed by atoms with E-state index < -0.39 is 49.5 Å². The molecule has 0 spiro atoms. The second-order valence-corrected chi connectivity index (χ2v) is 17.9. The van der Waals surface area contributed by atoms with Crippen molar-refractivity contribution in [3.63, 3.8) is 0 Å². The summed E-state index contributed by atoms with van der Waals surface area (Å²) >= 11 is 1.19. The molecule has 6 atom stereocenters. The summed E-state index contributed by atoms with van der Waals surface area (Å²) in [5.74, 6) is -3.25. The van der Waals surface area contributed by atoms with Gasteiger partial charge in [0.2, 0.25) is 17.7 Å². The molecule has 2 aromatic heterocycles. The quantitative estimate of drug-likeness (QED) is 0.118. The molecule has 3 aliphatic rings. The maximum Gasteiger partial charge on any atom is 0.355 e. The molecule has 2 unspecified atom stereocenters. The summed E-state index contributed by atoms with van der Waals surface area (Å²) in [6, 6.07) is 15.7. The van der Waals surface area contributed by atoms with Crippen molar-refractivity contribution in [2.24, 2.45) is 0 Å². The second kappa shape index (κ2) is 16.2. The predicted octanol–water partition coefficient (Wildman–Crippen LogP) is 6.73. The van der Waals surface area contributed by atoms with Gasteiger partial charge in [0.25, 0.3) is 5.91 Å². The second-order valence-electron chi connectivity index (χ2n) is 14.8. The lowest BCUT2D eigenvalue weighted by Crippen LogP contribution is -2.58. The van der Waals surface area contributed by atoms with Crippen LogP contribution in [-0.2, 0) is 23.7 Å². The number of alkyl halides is 1. The summed E-state index contributed by atoms with van der Waals surface area (Å²) in [5, 5.41) is 6.05. The summed E-state index contributed by atoms with van der Waals surface area (Å²) < 4.78 is 42.4. The number of ether oxygens (including phenoxy) is 1. The zero-order valence-corrected chi connectivity index (χ0v) is 32.6. The van der Waals surface area contributed by atoms with Crippen molar-refractivity contribution in [1.82, 2.24) is 25.2 Å². The number of fused-ring (bicyclic) bond motifs is 2. The van der Waals surface area contributed by atoms with E-state index in [9.17, 15) is 23.7 Å². The van der Waals surface area contributed by atoms with Crippen LogP contribution < -0.4 is 14.9 Å². The number of esters is 1. The lowest BCUT2D eigenvalue weighted by molar-refractivity contribution is -0.149. The number of rotatable bonds is 12. The van der Waals surface area contributed by atoms with E-state index >= 15 is 4.39 Å². The summed E-state index contributed by atoms with van der Waals surface area (Å²) in [6.07, 6.45) is 6.41. The van der Waals surface area contributed by atoms with Crippen LogP contribution >= 0.6 is 18.9 Å². The van der Waals surface area contributed by atoms with E-state index in [1.165, 1.54) is 42.5 Å². The fourth-order valence-electron chi connectivity index (χ4n) is 7.62. The lowest BCUT2D eigenvalue weighted by Gasteiger charge is -2.42. The molecule has 2 aromatic carbocycles. The van der Waals surface area contributed by atoms with Crippen LogP contribution in [0.2, 0.25) is 0 Å². The Morgan fingerprint density at radius 2 is 1.76 bits per heavy atom. The van der Waals surface area contributed by atoms with Crippen molar-refractivity contribution in [1.29, 1.82) is 0 Å². The summed E-state index contributed by atoms with van der Waals surface area (Å²) in [5.41, 5.74) is 1.12. The Morgan fingerprint density at radius 3 is 2.49 bits per heavy atom. The van der Waals surface area contributed by atoms with E-state index in [0.717, 1.165) is 24.8 Å². The van der Waals surface area contributed by atoms with Gasteiger partial charge in [0.15, 0.2) is 0 Å². The molecular formula is C40H45FN5O7PS. The monoisotopic (exact) mass is 789 g/mol. The number of nitrogens with zero attached hydrogens (tertiary/aromatic N) is 3. The fraction of sp³-hybridized carbons (Fsp3) is 0.425. The maximum absolute atomic E-state index is 16.5. The third kappa shape index (κ3) is 8.32. The summed E-state index contributed by atoms with van der Waals surface area (Å²) in [4.78, 5) is 62.0. The first-order chi connectivity index (χ1) is 26.4. The van der Waals surface area contributed by atoms with E-state index in [1.54, 1.807) is 55.3 Å². The topological polar surface area (TPSA) is 147 Å². The Kier molecular flexibility index (Phi) is 11.4. The highest BCUT2D eigenvalue weighted by atomic mass is 32.1. The number of benzene rings is 2. The molecule has 2 N–H and O–H groups in total. The van der Waals surface area contributed by atoms with Crippen molar-refractivity contribution in [3.8, 4) is 5.75 Å². The highest BCUT2D eigenvalue weighted by molar-refractivity contribution is 7.57. The SMILES string of the molecule is CC(C)OC(=O)[C@H](C)NP(=O)(Oc1ccccc1)C(F)c1ccc2sc(C(=O)N[C@H]3CCC[C@H]4CC[C@@H](C(=O)N5CC(c6cccnc6)C5)N4C3=O)cc2c1. The Labute approximate surface area is 323 Å². The van der Waals surface area contributed by atoms with Gasteiger partial charge >= 0.3 is 13.5 Å². The maximum atomic E-state index is 16.5. The molecule has 0 aliphatic carbocycles. The molecule has 12 nitrogen and oxygen atoms in total. The predicted molar refractivity (Wildman–Crippen MR) is 206 cm³/mol. The number of likely N-dealkylation sites (tertiary alicyclic amines) is 1. The molecule has 55 heavy (non-hydrogen) atoms. The van der Waals surface area contributed by atoms with E-state index in [1.807, 2.05) is 23.2 Å². The zero-order valence-electron chi connectivity index (χ0n) is 30.9. The van der Waals surface area contributed by atoms with Gasteiger partial charge in [-0.2, -0.15) is 0 Å². The van der Waals surface area contributed by atoms with Gasteiger partial charge in [-0.05, 0) is 106 Å². The molecule has 3 aliphatic heterocycles. The largest absolute Gasteiger partial charge is 0.462 e. The summed E-state index contributed by atoms with van der Waals surface area (Å²) in [7, 11) is -4.44. The van der Waals surface area contributed by atoms with Crippen molar-refractivity contribution in [2.75, 3.05) is 13.1 Å². The standard InChI is InChI=1S/C40H45FN5O7PS/c1-24(2)52-40(50)25(3)44-54(51,53-31-11-5-4-6-12-31)36(41)26-14-17-34-28(19-26)20-35(55-34)37(47)43-32-13-7-10-30-15-16-33(46(30)38(32)48)39(49)45-22-29(23-45)27-9-8-18-42-21-27/h4-6,8-9,11-12,14,17-21,24-25,29-30,32-33,36H,7,10,13,15-16,22-23H2,1-3H3,(H,43,47)(H,44,51)/t25-,30-,32-,33-,36?,54?/m0/s1. The van der Waals surface area contributed by atoms with Gasteiger partial charge in [0, 0.05) is 42.1 Å². The molecule has 3 amide bonds. The third-order valence-corrected chi connectivity index (χ3v) is 13.7. The first kappa shape index (κ1) is 38.6. The minimum atomic E-state index is -4.44. The number of aromatic nitrogens is 1. The summed E-state index contributed by atoms with van der Waals surface area (Å²) in [6.45, 7) is 5.96. The third-order valence-electron chi connectivity index (χ3n) is 10.4. The molecule has 5 heterocycles. The van der Waals surface area contributed by atoms with E-state index in [0.29, 0.717) is 40.9 Å². The minimum absolute atomic E-state index is 0.0251. The van der Waals surface area contributed by atoms with Crippen molar-refractivity contribution in [3.05, 3.63) is 95.1 Å². The van der Waals surface area contributed by atoms with Gasteiger partial charge in [-0.15, -0.1) is 11.3 Å². The molecule has 0 bridgehead atoms. The molecule has 3 saturated heterocycles. The van der Waals surface area contributed by atoms with Gasteiger partial charge < -0.3 is 24.4 Å². The average Bonchev–Trinajstić information content (AvgIpc) is 3.74. The molecule has 3 fully saturated rings. The van der Waals surface area contributed by atoms with Gasteiger partial charge in [-0.3, -0.25) is 28.7 Å². The van der Waals surface area contributed by atoms with Crippen LogP contribution in [0.4, 0.5) is 4.39 Å². The van der Waals surface area contributed by atoms with Crippen LogP contribution in [0.25, 0.3) is 10.1 Å². The van der Waals surface area contributed by atoms with Crippen LogP contribution in [0.15, 0.2) is 79.1 Å². The Bertz CT molecular complexity index is 2100. The molecule has 4 aromatic rings. The number of hydrogen-bond donors (Lipinski definition) is 2. The highest BCUT2D eigenvalue weighted by Crippen LogP contribution is 2.58. The number of amides is 3. The molecule has 290 valence electrons. The van der Waals surface area contributed by atoms with Crippen LogP contribution in [0.5, 0.6) is 5.75 Å². The van der Waals surface area contributed by atoms with E-state index in [4.69, 9.17) is 9.26 Å². The van der Waals surface area contributed by atoms with Gasteiger partial charge in [-0.25, -0.2) is 9.48 Å². The first-order valence-electron chi connectivity index (χ1n) is 18.7. The molecule has 0 radical (unpaired) electrons.